The number of hydrogen-bond acceptors (Lipinski definition) is 2. The first-order chi connectivity index (χ1) is 7.75. The van der Waals surface area contributed by atoms with E-state index in [1.165, 1.54) is 18.4 Å². The van der Waals surface area contributed by atoms with E-state index in [0.29, 0.717) is 5.56 Å². The highest BCUT2D eigenvalue weighted by Gasteiger charge is 2.13. The lowest BCUT2D eigenvalue weighted by Gasteiger charge is -2.07. The second-order valence-corrected chi connectivity index (χ2v) is 4.40. The lowest BCUT2D eigenvalue weighted by atomic mass is 9.98. The minimum absolute atomic E-state index is 0.367. The van der Waals surface area contributed by atoms with Crippen LogP contribution in [0.5, 0.6) is 0 Å². The van der Waals surface area contributed by atoms with Crippen molar-refractivity contribution in [2.45, 2.75) is 19.3 Å². The first-order valence-electron chi connectivity index (χ1n) is 5.78. The number of carboxylic acid groups (broad SMARTS) is 1. The standard InChI is InChI=1S/C13H17NO2/c15-13(16)12-5-3-10(4-6-12)1-2-11-7-8-14-9-11/h3-6,11,14H,1-2,7-9H2,(H,15,16). The SMILES string of the molecule is O=C(O)c1ccc(CCC2CCNC2)cc1. The van der Waals surface area contributed by atoms with Gasteiger partial charge in [0.05, 0.1) is 5.56 Å². The number of aromatic carboxylic acids is 1. The molecule has 1 aliphatic rings. The summed E-state index contributed by atoms with van der Waals surface area (Å²) < 4.78 is 0. The molecule has 3 nitrogen and oxygen atoms in total. The summed E-state index contributed by atoms with van der Waals surface area (Å²) in [5.74, 6) is -0.0642. The highest BCUT2D eigenvalue weighted by molar-refractivity contribution is 5.87. The van der Waals surface area contributed by atoms with Gasteiger partial charge < -0.3 is 10.4 Å². The van der Waals surface area contributed by atoms with Crippen molar-refractivity contribution < 1.29 is 9.90 Å². The van der Waals surface area contributed by atoms with Crippen LogP contribution in [0.4, 0.5) is 0 Å². The van der Waals surface area contributed by atoms with Gasteiger partial charge >= 0.3 is 5.97 Å². The molecule has 2 rings (SSSR count). The molecule has 1 atom stereocenters. The Bertz CT molecular complexity index is 353. The minimum Gasteiger partial charge on any atom is -0.478 e. The van der Waals surface area contributed by atoms with Crippen molar-refractivity contribution >= 4 is 5.97 Å². The molecule has 1 fully saturated rings. The molecule has 0 aromatic heterocycles. The summed E-state index contributed by atoms with van der Waals surface area (Å²) in [5, 5.41) is 12.1. The molecule has 1 unspecified atom stereocenters. The number of aryl methyl sites for hydroxylation is 1. The first-order valence-corrected chi connectivity index (χ1v) is 5.78. The Balaban J connectivity index is 1.87. The van der Waals surface area contributed by atoms with Crippen molar-refractivity contribution in [3.05, 3.63) is 35.4 Å². The summed E-state index contributed by atoms with van der Waals surface area (Å²) in [5.41, 5.74) is 1.60. The van der Waals surface area contributed by atoms with Crippen molar-refractivity contribution in [3.8, 4) is 0 Å². The van der Waals surface area contributed by atoms with E-state index in [2.05, 4.69) is 5.32 Å². The van der Waals surface area contributed by atoms with E-state index in [1.807, 2.05) is 12.1 Å². The molecule has 1 saturated heterocycles. The Kier molecular flexibility index (Phi) is 3.57. The quantitative estimate of drug-likeness (QED) is 0.813. The predicted octanol–water partition coefficient (Wildman–Crippen LogP) is 1.93. The van der Waals surface area contributed by atoms with E-state index in [1.54, 1.807) is 12.1 Å². The monoisotopic (exact) mass is 219 g/mol. The van der Waals surface area contributed by atoms with Crippen LogP contribution in [0.25, 0.3) is 0 Å². The van der Waals surface area contributed by atoms with Gasteiger partial charge in [0.15, 0.2) is 0 Å². The molecule has 0 aliphatic carbocycles. The molecule has 1 aliphatic heterocycles. The maximum absolute atomic E-state index is 10.7. The second-order valence-electron chi connectivity index (χ2n) is 4.40. The van der Waals surface area contributed by atoms with Gasteiger partial charge in [-0.2, -0.15) is 0 Å². The van der Waals surface area contributed by atoms with Gasteiger partial charge in [0.2, 0.25) is 0 Å². The average Bonchev–Trinajstić information content (AvgIpc) is 2.80. The molecule has 2 N–H and O–H groups in total. The highest BCUT2D eigenvalue weighted by Crippen LogP contribution is 2.16. The number of nitrogens with one attached hydrogen (secondary N) is 1. The normalized spacial score (nSPS) is 19.9. The fourth-order valence-electron chi connectivity index (χ4n) is 2.15. The van der Waals surface area contributed by atoms with Crippen LogP contribution < -0.4 is 5.32 Å². The highest BCUT2D eigenvalue weighted by atomic mass is 16.4. The lowest BCUT2D eigenvalue weighted by Crippen LogP contribution is -2.09. The molecular weight excluding hydrogens is 202 g/mol. The van der Waals surface area contributed by atoms with Crippen LogP contribution >= 0.6 is 0 Å². The zero-order chi connectivity index (χ0) is 11.4. The Hall–Kier alpha value is -1.35. The van der Waals surface area contributed by atoms with Crippen molar-refractivity contribution in [3.63, 3.8) is 0 Å². The third-order valence-corrected chi connectivity index (χ3v) is 3.20. The molecule has 1 heterocycles. The zero-order valence-corrected chi connectivity index (χ0v) is 9.28. The summed E-state index contributed by atoms with van der Waals surface area (Å²) in [7, 11) is 0. The lowest BCUT2D eigenvalue weighted by molar-refractivity contribution is 0.0697. The van der Waals surface area contributed by atoms with Gasteiger partial charge in [-0.1, -0.05) is 12.1 Å². The summed E-state index contributed by atoms with van der Waals surface area (Å²) in [6.07, 6.45) is 3.51. The fourth-order valence-corrected chi connectivity index (χ4v) is 2.15. The molecule has 0 spiro atoms. The van der Waals surface area contributed by atoms with Gasteiger partial charge in [-0.05, 0) is 56.0 Å². The molecule has 3 heteroatoms. The molecule has 0 saturated carbocycles. The van der Waals surface area contributed by atoms with E-state index in [-0.39, 0.29) is 0 Å². The van der Waals surface area contributed by atoms with Crippen LogP contribution in [0.3, 0.4) is 0 Å². The van der Waals surface area contributed by atoms with Crippen molar-refractivity contribution in [2.75, 3.05) is 13.1 Å². The Labute approximate surface area is 95.5 Å². The number of benzene rings is 1. The van der Waals surface area contributed by atoms with Crippen LogP contribution in [-0.4, -0.2) is 24.2 Å². The van der Waals surface area contributed by atoms with Crippen LogP contribution in [-0.2, 0) is 6.42 Å². The van der Waals surface area contributed by atoms with E-state index < -0.39 is 5.97 Å². The summed E-state index contributed by atoms with van der Waals surface area (Å²) in [6, 6.07) is 7.22. The number of carboxylic acids is 1. The Morgan fingerprint density at radius 3 is 2.69 bits per heavy atom. The maximum Gasteiger partial charge on any atom is 0.335 e. The second kappa shape index (κ2) is 5.12. The molecule has 0 bridgehead atoms. The number of hydrogen-bond donors (Lipinski definition) is 2. The number of rotatable bonds is 4. The van der Waals surface area contributed by atoms with Crippen LogP contribution in [0.1, 0.15) is 28.8 Å². The molecule has 86 valence electrons. The van der Waals surface area contributed by atoms with Gasteiger partial charge in [-0.15, -0.1) is 0 Å². The summed E-state index contributed by atoms with van der Waals surface area (Å²) >= 11 is 0. The Morgan fingerprint density at radius 2 is 2.12 bits per heavy atom. The van der Waals surface area contributed by atoms with E-state index >= 15 is 0 Å². The van der Waals surface area contributed by atoms with Crippen LogP contribution in [0.15, 0.2) is 24.3 Å². The third-order valence-electron chi connectivity index (χ3n) is 3.20. The van der Waals surface area contributed by atoms with Crippen LogP contribution in [0, 0.1) is 5.92 Å². The molecule has 0 amide bonds. The largest absolute Gasteiger partial charge is 0.478 e. The van der Waals surface area contributed by atoms with Crippen molar-refractivity contribution in [1.82, 2.24) is 5.32 Å². The minimum atomic E-state index is -0.855. The van der Waals surface area contributed by atoms with Crippen LogP contribution in [0.2, 0.25) is 0 Å². The van der Waals surface area contributed by atoms with Crippen molar-refractivity contribution in [2.24, 2.45) is 5.92 Å². The van der Waals surface area contributed by atoms with E-state index in [0.717, 1.165) is 25.4 Å². The zero-order valence-electron chi connectivity index (χ0n) is 9.28. The molecule has 1 aromatic carbocycles. The van der Waals surface area contributed by atoms with Gasteiger partial charge in [-0.25, -0.2) is 4.79 Å². The fraction of sp³-hybridized carbons (Fsp3) is 0.462. The summed E-state index contributed by atoms with van der Waals surface area (Å²) in [4.78, 5) is 10.7. The molecule has 0 radical (unpaired) electrons. The smallest absolute Gasteiger partial charge is 0.335 e. The topological polar surface area (TPSA) is 49.3 Å². The molecule has 16 heavy (non-hydrogen) atoms. The van der Waals surface area contributed by atoms with Gasteiger partial charge in [-0.3, -0.25) is 0 Å². The average molecular weight is 219 g/mol. The predicted molar refractivity (Wildman–Crippen MR) is 62.7 cm³/mol. The van der Waals surface area contributed by atoms with Gasteiger partial charge in [0.25, 0.3) is 0 Å². The third kappa shape index (κ3) is 2.83. The summed E-state index contributed by atoms with van der Waals surface area (Å²) in [6.45, 7) is 2.27. The molecular formula is C13H17NO2. The van der Waals surface area contributed by atoms with Gasteiger partial charge in [0.1, 0.15) is 0 Å². The van der Waals surface area contributed by atoms with E-state index in [9.17, 15) is 4.79 Å². The Morgan fingerprint density at radius 1 is 1.38 bits per heavy atom. The molecule has 1 aromatic rings. The number of carbonyl (C=O) groups is 1. The van der Waals surface area contributed by atoms with Crippen molar-refractivity contribution in [1.29, 1.82) is 0 Å². The first kappa shape index (κ1) is 11.1. The maximum atomic E-state index is 10.7. The van der Waals surface area contributed by atoms with Gasteiger partial charge in [0, 0.05) is 0 Å². The van der Waals surface area contributed by atoms with E-state index in [4.69, 9.17) is 5.11 Å².